The summed E-state index contributed by atoms with van der Waals surface area (Å²) in [7, 11) is 0. The van der Waals surface area contributed by atoms with Crippen LogP contribution >= 0.6 is 0 Å². The van der Waals surface area contributed by atoms with Gasteiger partial charge in [0.2, 0.25) is 5.89 Å². The molecule has 0 amide bonds. The number of aliphatic hydroxyl groups is 1. The van der Waals surface area contributed by atoms with Crippen LogP contribution in [0.5, 0.6) is 5.75 Å². The van der Waals surface area contributed by atoms with Gasteiger partial charge in [0.05, 0.1) is 26.0 Å². The molecule has 27 heavy (non-hydrogen) atoms. The van der Waals surface area contributed by atoms with Gasteiger partial charge in [-0.1, -0.05) is 35.5 Å². The number of aryl methyl sites for hydroxylation is 1. The molecule has 144 valence electrons. The zero-order valence-corrected chi connectivity index (χ0v) is 15.3. The SMILES string of the molecule is B.C/C=C\c1ccccc1OCC1C(O)C2(c3nc(C)no3)CCN1CC2. The van der Waals surface area contributed by atoms with Crippen LogP contribution in [0.3, 0.4) is 0 Å². The van der Waals surface area contributed by atoms with Crippen LogP contribution in [0.15, 0.2) is 34.9 Å². The Morgan fingerprint density at radius 3 is 2.74 bits per heavy atom. The van der Waals surface area contributed by atoms with Crippen molar-refractivity contribution in [2.24, 2.45) is 0 Å². The monoisotopic (exact) mass is 369 g/mol. The number of benzene rings is 1. The average Bonchev–Trinajstić information content (AvgIpc) is 3.10. The molecule has 1 aromatic carbocycles. The second-order valence-corrected chi connectivity index (χ2v) is 7.20. The quantitative estimate of drug-likeness (QED) is 0.803. The van der Waals surface area contributed by atoms with Crippen molar-refractivity contribution in [1.29, 1.82) is 0 Å². The van der Waals surface area contributed by atoms with Crippen molar-refractivity contribution in [3.05, 3.63) is 47.6 Å². The number of aliphatic hydroxyl groups excluding tert-OH is 1. The smallest absolute Gasteiger partial charge is 0.235 e. The molecule has 1 aromatic heterocycles. The van der Waals surface area contributed by atoms with E-state index in [1.54, 1.807) is 0 Å². The first-order chi connectivity index (χ1) is 12.6. The summed E-state index contributed by atoms with van der Waals surface area (Å²) in [5.74, 6) is 2.02. The van der Waals surface area contributed by atoms with E-state index < -0.39 is 11.5 Å². The Morgan fingerprint density at radius 2 is 2.07 bits per heavy atom. The summed E-state index contributed by atoms with van der Waals surface area (Å²) in [5, 5.41) is 15.1. The fourth-order valence-corrected chi connectivity index (χ4v) is 4.26. The number of nitrogens with zero attached hydrogens (tertiary/aromatic N) is 3. The first kappa shape index (κ1) is 19.6. The molecule has 5 rings (SSSR count). The van der Waals surface area contributed by atoms with Crippen LogP contribution in [-0.4, -0.2) is 60.4 Å². The van der Waals surface area contributed by atoms with E-state index in [-0.39, 0.29) is 14.5 Å². The van der Waals surface area contributed by atoms with E-state index in [1.165, 1.54) is 0 Å². The van der Waals surface area contributed by atoms with Gasteiger partial charge in [-0.3, -0.25) is 4.90 Å². The van der Waals surface area contributed by atoms with Gasteiger partial charge < -0.3 is 14.4 Å². The molecule has 0 saturated carbocycles. The van der Waals surface area contributed by atoms with Crippen LogP contribution in [0.25, 0.3) is 6.08 Å². The molecular weight excluding hydrogens is 341 g/mol. The summed E-state index contributed by atoms with van der Waals surface area (Å²) in [4.78, 5) is 6.75. The number of allylic oxidation sites excluding steroid dienone is 1. The van der Waals surface area contributed by atoms with Crippen molar-refractivity contribution in [2.45, 2.75) is 44.2 Å². The Morgan fingerprint density at radius 1 is 1.33 bits per heavy atom. The van der Waals surface area contributed by atoms with E-state index in [9.17, 15) is 5.11 Å². The molecule has 6 nitrogen and oxygen atoms in total. The summed E-state index contributed by atoms with van der Waals surface area (Å²) in [5.41, 5.74) is 0.593. The fourth-order valence-electron chi connectivity index (χ4n) is 4.26. The molecule has 2 aromatic rings. The molecule has 2 unspecified atom stereocenters. The second-order valence-electron chi connectivity index (χ2n) is 7.20. The third kappa shape index (κ3) is 3.41. The number of rotatable bonds is 5. The van der Waals surface area contributed by atoms with Crippen molar-refractivity contribution < 1.29 is 14.4 Å². The van der Waals surface area contributed by atoms with Crippen molar-refractivity contribution in [1.82, 2.24) is 15.0 Å². The summed E-state index contributed by atoms with van der Waals surface area (Å²) < 4.78 is 11.6. The Bertz CT molecular complexity index is 799. The minimum atomic E-state index is -0.585. The maximum Gasteiger partial charge on any atom is 0.235 e. The highest BCUT2D eigenvalue weighted by Crippen LogP contribution is 2.45. The van der Waals surface area contributed by atoms with Crippen LogP contribution in [-0.2, 0) is 5.41 Å². The number of para-hydroxylation sites is 1. The standard InChI is InChI=1S/C20H25N3O3.BH3/c1-3-6-15-7-4-5-8-17(15)25-13-16-18(24)20(9-11-23(16)12-10-20)19-21-14(2)22-26-19;/h3-8,16,18,24H,9-13H2,1-2H3;1H3/b6-3-;. The highest BCUT2D eigenvalue weighted by Gasteiger charge is 2.56. The predicted molar refractivity (Wildman–Crippen MR) is 108 cm³/mol. The van der Waals surface area contributed by atoms with Gasteiger partial charge in [0.15, 0.2) is 5.82 Å². The highest BCUT2D eigenvalue weighted by atomic mass is 16.5. The molecule has 3 saturated heterocycles. The third-order valence-corrected chi connectivity index (χ3v) is 5.72. The Labute approximate surface area is 161 Å². The maximum absolute atomic E-state index is 11.2. The van der Waals surface area contributed by atoms with Crippen LogP contribution in [0, 0.1) is 6.92 Å². The number of piperidine rings is 3. The Balaban J connectivity index is 0.00000210. The van der Waals surface area contributed by atoms with Crippen LogP contribution in [0.1, 0.15) is 37.0 Å². The highest BCUT2D eigenvalue weighted by molar-refractivity contribution is 5.75. The number of fused-ring (bicyclic) bond motifs is 3. The van der Waals surface area contributed by atoms with Gasteiger partial charge in [-0.05, 0) is 45.8 Å². The van der Waals surface area contributed by atoms with E-state index in [0.717, 1.165) is 37.2 Å². The molecule has 0 aliphatic carbocycles. The van der Waals surface area contributed by atoms with Gasteiger partial charge in [-0.15, -0.1) is 0 Å². The van der Waals surface area contributed by atoms with E-state index in [1.807, 2.05) is 50.3 Å². The summed E-state index contributed by atoms with van der Waals surface area (Å²) in [6.45, 7) is 6.05. The predicted octanol–water partition coefficient (Wildman–Crippen LogP) is 1.38. The molecule has 7 heteroatoms. The topological polar surface area (TPSA) is 71.6 Å². The van der Waals surface area contributed by atoms with E-state index in [2.05, 4.69) is 15.0 Å². The normalized spacial score (nSPS) is 29.7. The average molecular weight is 369 g/mol. The molecule has 0 radical (unpaired) electrons. The summed E-state index contributed by atoms with van der Waals surface area (Å²) >= 11 is 0. The molecule has 3 aliphatic heterocycles. The Hall–Kier alpha value is -2.12. The number of ether oxygens (including phenoxy) is 1. The second kappa shape index (κ2) is 7.86. The lowest BCUT2D eigenvalue weighted by atomic mass is 9.66. The van der Waals surface area contributed by atoms with Crippen LogP contribution in [0.2, 0.25) is 0 Å². The zero-order chi connectivity index (χ0) is 18.1. The van der Waals surface area contributed by atoms with Crippen molar-refractivity contribution >= 4 is 14.5 Å². The lowest BCUT2D eigenvalue weighted by molar-refractivity contribution is -0.113. The molecule has 1 N–H and O–H groups in total. The van der Waals surface area contributed by atoms with Crippen molar-refractivity contribution in [3.63, 3.8) is 0 Å². The van der Waals surface area contributed by atoms with E-state index >= 15 is 0 Å². The number of hydrogen-bond acceptors (Lipinski definition) is 6. The van der Waals surface area contributed by atoms with E-state index in [0.29, 0.717) is 18.3 Å². The molecule has 2 atom stereocenters. The van der Waals surface area contributed by atoms with Gasteiger partial charge in [0.1, 0.15) is 12.4 Å². The van der Waals surface area contributed by atoms with E-state index in [4.69, 9.17) is 9.26 Å². The zero-order valence-electron chi connectivity index (χ0n) is 15.3. The van der Waals surface area contributed by atoms with Crippen LogP contribution < -0.4 is 4.74 Å². The lowest BCUT2D eigenvalue weighted by Gasteiger charge is -2.54. The van der Waals surface area contributed by atoms with Gasteiger partial charge in [0.25, 0.3) is 0 Å². The molecule has 2 bridgehead atoms. The van der Waals surface area contributed by atoms with Gasteiger partial charge in [-0.25, -0.2) is 0 Å². The van der Waals surface area contributed by atoms with Crippen molar-refractivity contribution in [3.8, 4) is 5.75 Å². The van der Waals surface area contributed by atoms with Gasteiger partial charge in [-0.2, -0.15) is 4.98 Å². The molecular formula is C20H28BN3O3. The number of hydrogen-bond donors (Lipinski definition) is 1. The largest absolute Gasteiger partial charge is 0.491 e. The van der Waals surface area contributed by atoms with Gasteiger partial charge >= 0.3 is 0 Å². The fraction of sp³-hybridized carbons (Fsp3) is 0.500. The summed E-state index contributed by atoms with van der Waals surface area (Å²) in [6.07, 6.45) is 5.11. The van der Waals surface area contributed by atoms with Crippen LogP contribution in [0.4, 0.5) is 0 Å². The minimum absolute atomic E-state index is 0. The minimum Gasteiger partial charge on any atom is -0.491 e. The molecule has 4 heterocycles. The first-order valence-corrected chi connectivity index (χ1v) is 9.21. The third-order valence-electron chi connectivity index (χ3n) is 5.72. The molecule has 3 aliphatic rings. The van der Waals surface area contributed by atoms with Crippen molar-refractivity contribution in [2.75, 3.05) is 19.7 Å². The Kier molecular flexibility index (Phi) is 5.72. The first-order valence-electron chi connectivity index (χ1n) is 9.21. The van der Waals surface area contributed by atoms with Gasteiger partial charge in [0, 0.05) is 5.56 Å². The molecule has 0 spiro atoms. The lowest BCUT2D eigenvalue weighted by Crippen LogP contribution is -2.67. The maximum atomic E-state index is 11.2. The summed E-state index contributed by atoms with van der Waals surface area (Å²) in [6, 6.07) is 7.88. The number of aromatic nitrogens is 2. The molecule has 3 fully saturated rings.